The largest absolute Gasteiger partial charge is 0.506 e. The smallest absolute Gasteiger partial charge is 0.230 e. The molecule has 0 aliphatic heterocycles. The molecule has 2 N–H and O–H groups in total. The molecule has 2 aromatic carbocycles. The maximum absolute atomic E-state index is 12.4. The van der Waals surface area contributed by atoms with E-state index in [1.807, 2.05) is 16.0 Å². The van der Waals surface area contributed by atoms with Gasteiger partial charge in [-0.3, -0.25) is 9.20 Å². The van der Waals surface area contributed by atoms with Crippen LogP contribution in [0.5, 0.6) is 5.75 Å². The van der Waals surface area contributed by atoms with Gasteiger partial charge in [-0.1, -0.05) is 43.3 Å². The lowest BCUT2D eigenvalue weighted by Crippen LogP contribution is -2.15. The first kappa shape index (κ1) is 17.3. The minimum absolute atomic E-state index is 0.0572. The molecule has 0 fully saturated rings. The molecule has 5 nitrogen and oxygen atoms in total. The normalized spacial score (nSPS) is 11.0. The van der Waals surface area contributed by atoms with Gasteiger partial charge in [-0.25, -0.2) is 4.98 Å². The van der Waals surface area contributed by atoms with Crippen molar-refractivity contribution in [2.75, 3.05) is 5.32 Å². The first-order chi connectivity index (χ1) is 13.1. The summed E-state index contributed by atoms with van der Waals surface area (Å²) >= 11 is 1.51. The van der Waals surface area contributed by atoms with Crippen molar-refractivity contribution in [3.8, 4) is 17.0 Å². The van der Waals surface area contributed by atoms with E-state index in [-0.39, 0.29) is 18.1 Å². The number of amides is 1. The molecular weight excluding hydrogens is 358 g/mol. The number of anilines is 1. The molecule has 0 saturated heterocycles. The second-order valence-corrected chi connectivity index (χ2v) is 7.13. The number of carbonyl (C=O) groups excluding carboxylic acids is 1. The van der Waals surface area contributed by atoms with Gasteiger partial charge in [0.2, 0.25) is 5.91 Å². The van der Waals surface area contributed by atoms with Crippen LogP contribution < -0.4 is 5.32 Å². The van der Waals surface area contributed by atoms with Crippen LogP contribution in [0.2, 0.25) is 0 Å². The number of carbonyl (C=O) groups is 1. The zero-order chi connectivity index (χ0) is 18.8. The number of nitrogens with zero attached hydrogens (tertiary/aromatic N) is 2. The van der Waals surface area contributed by atoms with Crippen LogP contribution >= 0.6 is 11.3 Å². The van der Waals surface area contributed by atoms with E-state index in [1.165, 1.54) is 16.9 Å². The lowest BCUT2D eigenvalue weighted by molar-refractivity contribution is -0.115. The average Bonchev–Trinajstić information content (AvgIpc) is 3.26. The topological polar surface area (TPSA) is 66.6 Å². The molecule has 0 radical (unpaired) electrons. The van der Waals surface area contributed by atoms with Gasteiger partial charge in [0.1, 0.15) is 5.75 Å². The van der Waals surface area contributed by atoms with E-state index in [0.29, 0.717) is 5.69 Å². The zero-order valence-electron chi connectivity index (χ0n) is 14.8. The Labute approximate surface area is 160 Å². The molecule has 2 heterocycles. The quantitative estimate of drug-likeness (QED) is 0.503. The number of aromatic hydroxyl groups is 1. The molecule has 2 aromatic heterocycles. The first-order valence-electron chi connectivity index (χ1n) is 8.76. The van der Waals surface area contributed by atoms with Gasteiger partial charge in [0.05, 0.1) is 17.8 Å². The molecule has 27 heavy (non-hydrogen) atoms. The Morgan fingerprint density at radius 2 is 1.96 bits per heavy atom. The van der Waals surface area contributed by atoms with E-state index < -0.39 is 0 Å². The van der Waals surface area contributed by atoms with E-state index >= 15 is 0 Å². The highest BCUT2D eigenvalue weighted by Crippen LogP contribution is 2.25. The predicted molar refractivity (Wildman–Crippen MR) is 108 cm³/mol. The molecule has 0 unspecified atom stereocenters. The number of thiazole rings is 1. The van der Waals surface area contributed by atoms with Crippen molar-refractivity contribution >= 4 is 27.9 Å². The number of aryl methyl sites for hydroxylation is 1. The number of hydrogen-bond acceptors (Lipinski definition) is 4. The van der Waals surface area contributed by atoms with E-state index in [4.69, 9.17) is 0 Å². The monoisotopic (exact) mass is 377 g/mol. The molecule has 0 saturated carbocycles. The van der Waals surface area contributed by atoms with Crippen molar-refractivity contribution in [1.82, 2.24) is 9.38 Å². The summed E-state index contributed by atoms with van der Waals surface area (Å²) in [4.78, 5) is 17.9. The summed E-state index contributed by atoms with van der Waals surface area (Å²) in [7, 11) is 0. The van der Waals surface area contributed by atoms with Gasteiger partial charge in [-0.2, -0.15) is 0 Å². The first-order valence-corrected chi connectivity index (χ1v) is 9.64. The second kappa shape index (κ2) is 7.25. The van der Waals surface area contributed by atoms with Gasteiger partial charge in [0.25, 0.3) is 0 Å². The van der Waals surface area contributed by atoms with Crippen LogP contribution in [-0.2, 0) is 17.6 Å². The van der Waals surface area contributed by atoms with E-state index in [0.717, 1.165) is 28.3 Å². The summed E-state index contributed by atoms with van der Waals surface area (Å²) in [5.74, 6) is -0.125. The van der Waals surface area contributed by atoms with Gasteiger partial charge < -0.3 is 10.4 Å². The SMILES string of the molecule is CCc1ccc(-c2cn3c(CC(=O)Nc4ccccc4O)csc3n2)cc1. The van der Waals surface area contributed by atoms with Crippen molar-refractivity contribution < 1.29 is 9.90 Å². The number of nitrogens with one attached hydrogen (secondary N) is 1. The minimum atomic E-state index is -0.182. The molecule has 6 heteroatoms. The van der Waals surface area contributed by atoms with Crippen molar-refractivity contribution in [2.24, 2.45) is 0 Å². The van der Waals surface area contributed by atoms with Gasteiger partial charge in [0, 0.05) is 22.8 Å². The maximum atomic E-state index is 12.4. The highest BCUT2D eigenvalue weighted by Gasteiger charge is 2.13. The molecule has 136 valence electrons. The number of aromatic nitrogens is 2. The number of para-hydroxylation sites is 2. The van der Waals surface area contributed by atoms with Crippen LogP contribution in [0.4, 0.5) is 5.69 Å². The van der Waals surface area contributed by atoms with Gasteiger partial charge >= 0.3 is 0 Å². The zero-order valence-corrected chi connectivity index (χ0v) is 15.7. The number of hydrogen-bond donors (Lipinski definition) is 2. The van der Waals surface area contributed by atoms with Crippen molar-refractivity contribution in [3.05, 3.63) is 71.4 Å². The summed E-state index contributed by atoms with van der Waals surface area (Å²) in [6.45, 7) is 2.13. The van der Waals surface area contributed by atoms with Crippen LogP contribution in [0.25, 0.3) is 16.2 Å². The van der Waals surface area contributed by atoms with Crippen LogP contribution in [0, 0.1) is 0 Å². The fourth-order valence-electron chi connectivity index (χ4n) is 2.95. The Morgan fingerprint density at radius 1 is 1.19 bits per heavy atom. The highest BCUT2D eigenvalue weighted by molar-refractivity contribution is 7.15. The highest BCUT2D eigenvalue weighted by atomic mass is 32.1. The summed E-state index contributed by atoms with van der Waals surface area (Å²) < 4.78 is 1.96. The number of rotatable bonds is 5. The van der Waals surface area contributed by atoms with Crippen molar-refractivity contribution in [1.29, 1.82) is 0 Å². The molecule has 0 aliphatic carbocycles. The molecule has 0 aliphatic rings. The molecule has 0 bridgehead atoms. The predicted octanol–water partition coefficient (Wildman–Crippen LogP) is 4.51. The van der Waals surface area contributed by atoms with Gasteiger partial charge in [0.15, 0.2) is 4.96 Å². The van der Waals surface area contributed by atoms with Crippen LogP contribution in [-0.4, -0.2) is 20.4 Å². The number of fused-ring (bicyclic) bond motifs is 1. The van der Waals surface area contributed by atoms with Crippen LogP contribution in [0.1, 0.15) is 18.2 Å². The summed E-state index contributed by atoms with van der Waals surface area (Å²) in [6.07, 6.45) is 3.18. The molecule has 1 amide bonds. The lowest BCUT2D eigenvalue weighted by atomic mass is 10.1. The average molecular weight is 377 g/mol. The van der Waals surface area contributed by atoms with Crippen molar-refractivity contribution in [2.45, 2.75) is 19.8 Å². The fourth-order valence-corrected chi connectivity index (χ4v) is 3.82. The Bertz CT molecular complexity index is 1100. The molecular formula is C21H19N3O2S. The molecule has 0 spiro atoms. The molecule has 4 rings (SSSR count). The molecule has 0 atom stereocenters. The second-order valence-electron chi connectivity index (χ2n) is 6.30. The number of phenols is 1. The Balaban J connectivity index is 1.55. The van der Waals surface area contributed by atoms with Gasteiger partial charge in [-0.05, 0) is 24.1 Å². The Morgan fingerprint density at radius 3 is 2.70 bits per heavy atom. The summed E-state index contributed by atoms with van der Waals surface area (Å²) in [6, 6.07) is 15.1. The van der Waals surface area contributed by atoms with Crippen molar-refractivity contribution in [3.63, 3.8) is 0 Å². The number of benzene rings is 2. The van der Waals surface area contributed by atoms with E-state index in [1.54, 1.807) is 24.3 Å². The Hall–Kier alpha value is -3.12. The van der Waals surface area contributed by atoms with Crippen LogP contribution in [0.15, 0.2) is 60.1 Å². The lowest BCUT2D eigenvalue weighted by Gasteiger charge is -2.06. The fraction of sp³-hybridized carbons (Fsp3) is 0.143. The van der Waals surface area contributed by atoms with Gasteiger partial charge in [-0.15, -0.1) is 11.3 Å². The van der Waals surface area contributed by atoms with E-state index in [9.17, 15) is 9.90 Å². The van der Waals surface area contributed by atoms with Crippen LogP contribution in [0.3, 0.4) is 0 Å². The standard InChI is InChI=1S/C21H19N3O2S/c1-2-14-7-9-15(10-8-14)18-12-24-16(13-27-21(24)23-18)11-20(26)22-17-5-3-4-6-19(17)25/h3-10,12-13,25H,2,11H2,1H3,(H,22,26). The number of imidazole rings is 1. The Kier molecular flexibility index (Phi) is 4.64. The third-order valence-electron chi connectivity index (χ3n) is 4.46. The summed E-state index contributed by atoms with van der Waals surface area (Å²) in [5.41, 5.74) is 4.53. The third-order valence-corrected chi connectivity index (χ3v) is 5.35. The minimum Gasteiger partial charge on any atom is -0.506 e. The van der Waals surface area contributed by atoms with E-state index in [2.05, 4.69) is 41.5 Å². The summed E-state index contributed by atoms with van der Waals surface area (Å²) in [5, 5.41) is 14.5. The molecule has 4 aromatic rings. The maximum Gasteiger partial charge on any atom is 0.230 e. The number of phenolic OH excluding ortho intramolecular Hbond substituents is 1. The third kappa shape index (κ3) is 3.57.